The van der Waals surface area contributed by atoms with E-state index in [4.69, 9.17) is 16.3 Å². The lowest BCUT2D eigenvalue weighted by atomic mass is 10.0. The van der Waals surface area contributed by atoms with Crippen LogP contribution in [0.25, 0.3) is 10.9 Å². The number of nitrogens with zero attached hydrogens (tertiary/aromatic N) is 1. The van der Waals surface area contributed by atoms with Gasteiger partial charge in [-0.15, -0.1) is 0 Å². The number of carbonyl (C=O) groups excluding carboxylic acids is 1. The standard InChI is InChI=1S/C16H17ClN2O2/c17-13-3-1-2-11-12-8-19(6-4-14(12)18-15(11)13)16(20)10-5-7-21-9-10/h1-3,10,18H,4-9H2/t10-/m1/s1. The Balaban J connectivity index is 1.66. The SMILES string of the molecule is O=C([C@@H]1CCOC1)N1CCc2[nH]c3c(Cl)cccc3c2C1. The van der Waals surface area contributed by atoms with Crippen LogP contribution in [0.15, 0.2) is 18.2 Å². The maximum Gasteiger partial charge on any atom is 0.228 e. The van der Waals surface area contributed by atoms with Gasteiger partial charge in [0.1, 0.15) is 0 Å². The topological polar surface area (TPSA) is 45.3 Å². The highest BCUT2D eigenvalue weighted by atomic mass is 35.5. The second-order valence-corrected chi connectivity index (χ2v) is 6.22. The molecule has 1 N–H and O–H groups in total. The van der Waals surface area contributed by atoms with Gasteiger partial charge in [-0.3, -0.25) is 4.79 Å². The highest BCUT2D eigenvalue weighted by molar-refractivity contribution is 6.35. The Bertz CT molecular complexity index is 704. The third-order valence-corrected chi connectivity index (χ3v) is 4.87. The summed E-state index contributed by atoms with van der Waals surface area (Å²) in [6.07, 6.45) is 1.71. The molecule has 1 amide bonds. The molecule has 0 bridgehead atoms. The molecular formula is C16H17ClN2O2. The minimum absolute atomic E-state index is 0.0420. The first-order valence-corrected chi connectivity index (χ1v) is 7.76. The Kier molecular flexibility index (Phi) is 3.16. The summed E-state index contributed by atoms with van der Waals surface area (Å²) < 4.78 is 5.34. The zero-order chi connectivity index (χ0) is 14.4. The number of aromatic nitrogens is 1. The molecule has 1 aromatic carbocycles. The summed E-state index contributed by atoms with van der Waals surface area (Å²) in [5.74, 6) is 0.273. The van der Waals surface area contributed by atoms with E-state index in [0.29, 0.717) is 19.8 Å². The van der Waals surface area contributed by atoms with Crippen molar-refractivity contribution in [1.29, 1.82) is 0 Å². The minimum Gasteiger partial charge on any atom is -0.381 e. The number of amides is 1. The van der Waals surface area contributed by atoms with Gasteiger partial charge in [0.25, 0.3) is 0 Å². The van der Waals surface area contributed by atoms with Gasteiger partial charge in [-0.2, -0.15) is 0 Å². The summed E-state index contributed by atoms with van der Waals surface area (Å²) in [6.45, 7) is 2.72. The van der Waals surface area contributed by atoms with Crippen LogP contribution in [0.4, 0.5) is 0 Å². The molecule has 0 unspecified atom stereocenters. The molecule has 2 aliphatic heterocycles. The first-order valence-electron chi connectivity index (χ1n) is 7.38. The highest BCUT2D eigenvalue weighted by Gasteiger charge is 2.31. The van der Waals surface area contributed by atoms with Crippen molar-refractivity contribution in [3.8, 4) is 0 Å². The Morgan fingerprint density at radius 3 is 3.14 bits per heavy atom. The van der Waals surface area contributed by atoms with E-state index in [1.165, 1.54) is 11.3 Å². The summed E-state index contributed by atoms with van der Waals surface area (Å²) in [5.41, 5.74) is 3.42. The van der Waals surface area contributed by atoms with Crippen molar-refractivity contribution >= 4 is 28.4 Å². The molecule has 5 heteroatoms. The monoisotopic (exact) mass is 304 g/mol. The van der Waals surface area contributed by atoms with Gasteiger partial charge >= 0.3 is 0 Å². The molecule has 4 rings (SSSR count). The molecule has 1 fully saturated rings. The third kappa shape index (κ3) is 2.14. The van der Waals surface area contributed by atoms with Gasteiger partial charge in [0.05, 0.1) is 23.1 Å². The molecule has 1 aromatic heterocycles. The maximum atomic E-state index is 12.5. The van der Waals surface area contributed by atoms with E-state index in [2.05, 4.69) is 11.1 Å². The molecule has 0 spiro atoms. The van der Waals surface area contributed by atoms with Crippen molar-refractivity contribution in [2.75, 3.05) is 19.8 Å². The van der Waals surface area contributed by atoms with Gasteiger partial charge in [-0.05, 0) is 12.5 Å². The number of benzene rings is 1. The number of carbonyl (C=O) groups is 1. The van der Waals surface area contributed by atoms with Crippen molar-refractivity contribution in [2.45, 2.75) is 19.4 Å². The molecule has 0 radical (unpaired) electrons. The fourth-order valence-electron chi connectivity index (χ4n) is 3.38. The average molecular weight is 305 g/mol. The lowest BCUT2D eigenvalue weighted by Gasteiger charge is -2.29. The van der Waals surface area contributed by atoms with Crippen LogP contribution in [0.3, 0.4) is 0 Å². The van der Waals surface area contributed by atoms with Gasteiger partial charge < -0.3 is 14.6 Å². The van der Waals surface area contributed by atoms with Crippen molar-refractivity contribution in [2.24, 2.45) is 5.92 Å². The lowest BCUT2D eigenvalue weighted by Crippen LogP contribution is -2.39. The van der Waals surface area contributed by atoms with Crippen LogP contribution >= 0.6 is 11.6 Å². The largest absolute Gasteiger partial charge is 0.381 e. The minimum atomic E-state index is 0.0420. The second kappa shape index (κ2) is 5.04. The van der Waals surface area contributed by atoms with Crippen LogP contribution in [0, 0.1) is 5.92 Å². The molecule has 4 nitrogen and oxygen atoms in total. The quantitative estimate of drug-likeness (QED) is 0.880. The number of hydrogen-bond acceptors (Lipinski definition) is 2. The van der Waals surface area contributed by atoms with Crippen LogP contribution in [0.2, 0.25) is 5.02 Å². The first kappa shape index (κ1) is 13.2. The van der Waals surface area contributed by atoms with Gasteiger partial charge in [0.15, 0.2) is 0 Å². The fourth-order valence-corrected chi connectivity index (χ4v) is 3.60. The molecule has 2 aliphatic rings. The number of para-hydroxylation sites is 1. The first-order chi connectivity index (χ1) is 10.2. The van der Waals surface area contributed by atoms with E-state index < -0.39 is 0 Å². The van der Waals surface area contributed by atoms with Crippen LogP contribution in [0.1, 0.15) is 17.7 Å². The molecule has 2 aromatic rings. The van der Waals surface area contributed by atoms with E-state index in [1.54, 1.807) is 0 Å². The summed E-state index contributed by atoms with van der Waals surface area (Å²) in [7, 11) is 0. The van der Waals surface area contributed by atoms with Gasteiger partial charge in [0, 0.05) is 42.8 Å². The molecular weight excluding hydrogens is 288 g/mol. The Morgan fingerprint density at radius 2 is 2.33 bits per heavy atom. The molecule has 0 aliphatic carbocycles. The van der Waals surface area contributed by atoms with Crippen molar-refractivity contribution in [1.82, 2.24) is 9.88 Å². The molecule has 0 saturated carbocycles. The Morgan fingerprint density at radius 1 is 1.43 bits per heavy atom. The average Bonchev–Trinajstić information content (AvgIpc) is 3.14. The number of nitrogens with one attached hydrogen (secondary N) is 1. The number of rotatable bonds is 1. The van der Waals surface area contributed by atoms with Crippen molar-refractivity contribution in [3.05, 3.63) is 34.5 Å². The molecule has 110 valence electrons. The lowest BCUT2D eigenvalue weighted by molar-refractivity contribution is -0.136. The normalized spacial score (nSPS) is 21.8. The summed E-state index contributed by atoms with van der Waals surface area (Å²) >= 11 is 6.25. The van der Waals surface area contributed by atoms with E-state index in [9.17, 15) is 4.79 Å². The number of ether oxygens (including phenoxy) is 1. The molecule has 1 atom stereocenters. The summed E-state index contributed by atoms with van der Waals surface area (Å²) in [5, 5.41) is 1.88. The van der Waals surface area contributed by atoms with Gasteiger partial charge in [0.2, 0.25) is 5.91 Å². The Labute approximate surface area is 128 Å². The molecule has 21 heavy (non-hydrogen) atoms. The number of aromatic amines is 1. The predicted molar refractivity (Wildman–Crippen MR) is 81.4 cm³/mol. The zero-order valence-corrected chi connectivity index (χ0v) is 12.4. The van der Waals surface area contributed by atoms with E-state index in [0.717, 1.165) is 35.3 Å². The van der Waals surface area contributed by atoms with Crippen LogP contribution < -0.4 is 0 Å². The molecule has 1 saturated heterocycles. The van der Waals surface area contributed by atoms with Crippen LogP contribution in [-0.2, 0) is 22.5 Å². The summed E-state index contributed by atoms with van der Waals surface area (Å²) in [4.78, 5) is 17.9. The predicted octanol–water partition coefficient (Wildman–Crippen LogP) is 2.74. The number of H-pyrrole nitrogens is 1. The van der Waals surface area contributed by atoms with Crippen molar-refractivity contribution < 1.29 is 9.53 Å². The van der Waals surface area contributed by atoms with Crippen LogP contribution in [-0.4, -0.2) is 35.5 Å². The van der Waals surface area contributed by atoms with Crippen LogP contribution in [0.5, 0.6) is 0 Å². The van der Waals surface area contributed by atoms with E-state index in [-0.39, 0.29) is 11.8 Å². The van der Waals surface area contributed by atoms with Gasteiger partial charge in [-0.25, -0.2) is 0 Å². The highest BCUT2D eigenvalue weighted by Crippen LogP contribution is 2.32. The fraction of sp³-hybridized carbons (Fsp3) is 0.438. The molecule has 3 heterocycles. The number of hydrogen-bond donors (Lipinski definition) is 1. The van der Waals surface area contributed by atoms with E-state index >= 15 is 0 Å². The Hall–Kier alpha value is -1.52. The number of fused-ring (bicyclic) bond motifs is 3. The third-order valence-electron chi connectivity index (χ3n) is 4.55. The van der Waals surface area contributed by atoms with Gasteiger partial charge in [-0.1, -0.05) is 23.7 Å². The number of halogens is 1. The second-order valence-electron chi connectivity index (χ2n) is 5.81. The van der Waals surface area contributed by atoms with E-state index in [1.807, 2.05) is 17.0 Å². The maximum absolute atomic E-state index is 12.5. The smallest absolute Gasteiger partial charge is 0.228 e. The zero-order valence-electron chi connectivity index (χ0n) is 11.7. The van der Waals surface area contributed by atoms with Crippen molar-refractivity contribution in [3.63, 3.8) is 0 Å². The summed E-state index contributed by atoms with van der Waals surface area (Å²) in [6, 6.07) is 5.93.